The molecule has 1 N–H and O–H groups in total. The molecule has 2 nitrogen and oxygen atoms in total. The van der Waals surface area contributed by atoms with Gasteiger partial charge in [-0.15, -0.1) is 0 Å². The molecule has 2 aromatic rings. The minimum atomic E-state index is -1.29. The zero-order chi connectivity index (χ0) is 19.1. The zero-order valence-corrected chi connectivity index (χ0v) is 17.4. The van der Waals surface area contributed by atoms with E-state index in [1.165, 1.54) is 0 Å². The summed E-state index contributed by atoms with van der Waals surface area (Å²) < 4.78 is 12.8. The van der Waals surface area contributed by atoms with E-state index in [0.717, 1.165) is 16.0 Å². The normalized spacial score (nSPS) is 19.4. The summed E-state index contributed by atoms with van der Waals surface area (Å²) in [6, 6.07) is 17.1. The number of hydrogen-bond acceptors (Lipinski definition) is 2. The van der Waals surface area contributed by atoms with Crippen LogP contribution in [0.3, 0.4) is 0 Å². The second-order valence-corrected chi connectivity index (χ2v) is 7.65. The minimum absolute atomic E-state index is 0. The maximum Gasteiger partial charge on any atom is 2.00 e. The van der Waals surface area contributed by atoms with E-state index in [9.17, 15) is 9.32 Å². The van der Waals surface area contributed by atoms with Crippen molar-refractivity contribution in [3.63, 3.8) is 0 Å². The number of hydrogen-bond donors (Lipinski definition) is 1. The number of aliphatic hydroxyl groups excluding tert-OH is 1. The van der Waals surface area contributed by atoms with Gasteiger partial charge in [0, 0.05) is 10.8 Å². The maximum atomic E-state index is 12.8. The van der Waals surface area contributed by atoms with Crippen molar-refractivity contribution in [1.82, 2.24) is 0 Å². The topological polar surface area (TPSA) is 37.3 Å². The van der Waals surface area contributed by atoms with Gasteiger partial charge < -0.3 is 5.11 Å². The van der Waals surface area contributed by atoms with E-state index in [1.807, 2.05) is 113 Å². The summed E-state index contributed by atoms with van der Waals surface area (Å²) in [6.45, 7) is 2.00. The first kappa shape index (κ1) is 23.3. The number of aliphatic hydroxyl groups is 1. The fourth-order valence-corrected chi connectivity index (χ4v) is 3.97. The van der Waals surface area contributed by atoms with Crippen molar-refractivity contribution in [3.8, 4) is 0 Å². The van der Waals surface area contributed by atoms with Crippen LogP contribution in [0.25, 0.3) is 0 Å². The fourth-order valence-electron chi connectivity index (χ4n) is 2.74. The predicted molar refractivity (Wildman–Crippen MR) is 110 cm³/mol. The van der Waals surface area contributed by atoms with E-state index in [1.54, 1.807) is 0 Å². The summed E-state index contributed by atoms with van der Waals surface area (Å²) in [7, 11) is -1.29. The van der Waals surface area contributed by atoms with Gasteiger partial charge in [0.25, 0.3) is 0 Å². The Labute approximate surface area is 183 Å². The molecule has 4 heteroatoms. The average Bonchev–Trinajstić information content (AvgIpc) is 3.43. The van der Waals surface area contributed by atoms with Gasteiger partial charge in [-0.3, -0.25) is 4.21 Å². The Morgan fingerprint density at radius 2 is 1.36 bits per heavy atom. The first-order valence-electron chi connectivity index (χ1n) is 8.80. The molecule has 0 heterocycles. The summed E-state index contributed by atoms with van der Waals surface area (Å²) in [6.07, 6.45) is 14.7. The molecule has 1 unspecified atom stereocenters. The molecular formula is C24H22FeO2S+2. The number of benzene rings is 2. The summed E-state index contributed by atoms with van der Waals surface area (Å²) in [5.74, 6) is 0.699. The van der Waals surface area contributed by atoms with E-state index < -0.39 is 16.9 Å². The smallest absolute Gasteiger partial charge is 0.388 e. The third-order valence-electron chi connectivity index (χ3n) is 4.21. The molecule has 0 spiro atoms. The van der Waals surface area contributed by atoms with Gasteiger partial charge in [0.05, 0.1) is 22.2 Å². The Kier molecular flexibility index (Phi) is 9.94. The Bertz CT molecular complexity index is 706. The number of rotatable bonds is 4. The molecule has 142 valence electrons. The van der Waals surface area contributed by atoms with Crippen LogP contribution in [0, 0.1) is 69.5 Å². The summed E-state index contributed by atoms with van der Waals surface area (Å²) in [5, 5.41) is 11.2. The Morgan fingerprint density at radius 3 is 1.93 bits per heavy atom. The Hall–Kier alpha value is -0.931. The zero-order valence-electron chi connectivity index (χ0n) is 15.5. The SMILES string of the molecule is Cc1ccc([S@](=O)[C]2[CH][CH][CH][C]2C(O)c2ccccc2)cc1.[CH]1[CH][CH][CH][CH]1.[Fe+2]. The molecule has 0 aromatic heterocycles. The first-order chi connectivity index (χ1) is 13.2. The van der Waals surface area contributed by atoms with Gasteiger partial charge in [-0.05, 0) is 76.0 Å². The molecule has 2 aliphatic rings. The van der Waals surface area contributed by atoms with Crippen LogP contribution in [0.15, 0.2) is 59.5 Å². The predicted octanol–water partition coefficient (Wildman–Crippen LogP) is 4.59. The maximum absolute atomic E-state index is 12.8. The van der Waals surface area contributed by atoms with Crippen molar-refractivity contribution < 1.29 is 26.4 Å². The van der Waals surface area contributed by atoms with Gasteiger partial charge in [-0.2, -0.15) is 0 Å². The van der Waals surface area contributed by atoms with Crippen LogP contribution in [0.5, 0.6) is 0 Å². The van der Waals surface area contributed by atoms with Crippen LogP contribution in [0.4, 0.5) is 0 Å². The van der Waals surface area contributed by atoms with Crippen LogP contribution in [0.1, 0.15) is 17.2 Å². The third-order valence-corrected chi connectivity index (χ3v) is 5.68. The van der Waals surface area contributed by atoms with Crippen LogP contribution < -0.4 is 0 Å². The molecule has 0 bridgehead atoms. The minimum Gasteiger partial charge on any atom is -0.388 e. The van der Waals surface area contributed by atoms with E-state index >= 15 is 0 Å². The van der Waals surface area contributed by atoms with Gasteiger partial charge in [0.15, 0.2) is 0 Å². The second kappa shape index (κ2) is 11.9. The molecular weight excluding hydrogens is 408 g/mol. The largest absolute Gasteiger partial charge is 2.00 e. The molecule has 2 aliphatic carbocycles. The molecule has 2 aromatic carbocycles. The van der Waals surface area contributed by atoms with Crippen molar-refractivity contribution in [2.75, 3.05) is 0 Å². The van der Waals surface area contributed by atoms with E-state index in [4.69, 9.17) is 0 Å². The van der Waals surface area contributed by atoms with Crippen molar-refractivity contribution in [2.24, 2.45) is 0 Å². The van der Waals surface area contributed by atoms with Crippen LogP contribution >= 0.6 is 0 Å². The standard InChI is InChI=1S/C19H17O2S.C5H5.Fe/c1-14-10-12-16(13-11-14)22(21)18-9-5-8-17(18)19(20)15-6-3-2-4-7-15;1-2-4-5-3-1;/h2-13,19-20H,1H3;1-5H;/q;;+2/t19?,22-;;/m0../s1. The average molecular weight is 430 g/mol. The molecule has 2 saturated carbocycles. The van der Waals surface area contributed by atoms with Gasteiger partial charge in [0.2, 0.25) is 0 Å². The molecule has 2 fully saturated rings. The third kappa shape index (κ3) is 6.29. The molecule has 0 saturated heterocycles. The van der Waals surface area contributed by atoms with Gasteiger partial charge in [-0.1, -0.05) is 48.0 Å². The Balaban J connectivity index is 0.000000408. The fraction of sp³-hybridized carbons (Fsp3) is 0.0833. The molecule has 4 rings (SSSR count). The molecule has 2 atom stereocenters. The molecule has 0 amide bonds. The first-order valence-corrected chi connectivity index (χ1v) is 9.95. The Morgan fingerprint density at radius 1 is 0.786 bits per heavy atom. The molecule has 0 aliphatic heterocycles. The van der Waals surface area contributed by atoms with Crippen molar-refractivity contribution >= 4 is 10.8 Å². The quantitative estimate of drug-likeness (QED) is 0.721. The van der Waals surface area contributed by atoms with Gasteiger partial charge in [0.1, 0.15) is 0 Å². The molecule has 28 heavy (non-hydrogen) atoms. The van der Waals surface area contributed by atoms with Crippen LogP contribution in [0.2, 0.25) is 0 Å². The van der Waals surface area contributed by atoms with E-state index in [2.05, 4.69) is 0 Å². The summed E-state index contributed by atoms with van der Waals surface area (Å²) >= 11 is 0. The van der Waals surface area contributed by atoms with E-state index in [0.29, 0.717) is 11.2 Å². The van der Waals surface area contributed by atoms with Crippen LogP contribution in [-0.2, 0) is 27.9 Å². The summed E-state index contributed by atoms with van der Waals surface area (Å²) in [4.78, 5) is 0.748. The molecule has 10 radical (unpaired) electrons. The van der Waals surface area contributed by atoms with Crippen molar-refractivity contribution in [1.29, 1.82) is 0 Å². The summed E-state index contributed by atoms with van der Waals surface area (Å²) in [5.41, 5.74) is 1.93. The van der Waals surface area contributed by atoms with Gasteiger partial charge in [-0.25, -0.2) is 0 Å². The van der Waals surface area contributed by atoms with E-state index in [-0.39, 0.29) is 17.1 Å². The monoisotopic (exact) mass is 430 g/mol. The van der Waals surface area contributed by atoms with Crippen LogP contribution in [-0.4, -0.2) is 9.32 Å². The van der Waals surface area contributed by atoms with Crippen molar-refractivity contribution in [3.05, 3.63) is 128 Å². The van der Waals surface area contributed by atoms with Crippen molar-refractivity contribution in [2.45, 2.75) is 17.9 Å². The van der Waals surface area contributed by atoms with Gasteiger partial charge >= 0.3 is 17.1 Å². The second-order valence-electron chi connectivity index (χ2n) is 6.20. The number of aryl methyl sites for hydroxylation is 1.